The Balaban J connectivity index is 0.00000385. The van der Waals surface area contributed by atoms with Gasteiger partial charge in [-0.15, -0.1) is 12.4 Å². The highest BCUT2D eigenvalue weighted by molar-refractivity contribution is 6.07. The lowest BCUT2D eigenvalue weighted by Crippen LogP contribution is -2.47. The fourth-order valence-corrected chi connectivity index (χ4v) is 3.74. The molecular formula is C26H32ClN3O3. The molecule has 1 aliphatic heterocycles. The highest BCUT2D eigenvalue weighted by Crippen LogP contribution is 2.18. The number of halogens is 1. The van der Waals surface area contributed by atoms with E-state index in [9.17, 15) is 9.59 Å². The molecule has 0 radical (unpaired) electrons. The summed E-state index contributed by atoms with van der Waals surface area (Å²) in [6, 6.07) is 15.2. The van der Waals surface area contributed by atoms with Crippen molar-refractivity contribution in [3.8, 4) is 0 Å². The van der Waals surface area contributed by atoms with Gasteiger partial charge in [-0.25, -0.2) is 5.48 Å². The van der Waals surface area contributed by atoms with E-state index >= 15 is 0 Å². The first-order chi connectivity index (χ1) is 15.4. The number of rotatable bonds is 8. The van der Waals surface area contributed by atoms with Crippen LogP contribution in [-0.4, -0.2) is 54.5 Å². The third kappa shape index (κ3) is 8.17. The van der Waals surface area contributed by atoms with Crippen LogP contribution < -0.4 is 10.4 Å². The SMILES string of the molecule is CC(C)CN1CCN(c2ccc(C(=O)C=Cc3ccc(C=CC(=O)NO)cc3)cc2)CC1.Cl. The van der Waals surface area contributed by atoms with Gasteiger partial charge in [0.25, 0.3) is 5.91 Å². The molecule has 1 amide bonds. The third-order valence-electron chi connectivity index (χ3n) is 5.41. The summed E-state index contributed by atoms with van der Waals surface area (Å²) >= 11 is 0. The quantitative estimate of drug-likeness (QED) is 0.261. The summed E-state index contributed by atoms with van der Waals surface area (Å²) in [5, 5.41) is 8.49. The Hall–Kier alpha value is -2.93. The molecule has 6 nitrogen and oxygen atoms in total. The molecule has 0 unspecified atom stereocenters. The molecule has 3 rings (SSSR count). The van der Waals surface area contributed by atoms with Gasteiger partial charge in [-0.05, 0) is 53.5 Å². The molecule has 1 aliphatic rings. The van der Waals surface area contributed by atoms with Gasteiger partial charge >= 0.3 is 0 Å². The van der Waals surface area contributed by atoms with Crippen molar-refractivity contribution in [1.82, 2.24) is 10.4 Å². The number of amides is 1. The zero-order valence-corrected chi connectivity index (χ0v) is 19.9. The number of benzene rings is 2. The molecule has 0 saturated carbocycles. The summed E-state index contributed by atoms with van der Waals surface area (Å²) in [6.45, 7) is 9.82. The molecule has 0 atom stereocenters. The maximum absolute atomic E-state index is 12.5. The number of nitrogens with one attached hydrogen (secondary N) is 1. The van der Waals surface area contributed by atoms with Gasteiger partial charge in [0.05, 0.1) is 0 Å². The van der Waals surface area contributed by atoms with E-state index in [4.69, 9.17) is 5.21 Å². The fraction of sp³-hybridized carbons (Fsp3) is 0.308. The van der Waals surface area contributed by atoms with Crippen LogP contribution in [0.5, 0.6) is 0 Å². The number of carbonyl (C=O) groups is 2. The van der Waals surface area contributed by atoms with Crippen molar-refractivity contribution in [2.24, 2.45) is 5.92 Å². The topological polar surface area (TPSA) is 72.9 Å². The Morgan fingerprint density at radius 3 is 1.97 bits per heavy atom. The summed E-state index contributed by atoms with van der Waals surface area (Å²) in [7, 11) is 0. The van der Waals surface area contributed by atoms with Crippen molar-refractivity contribution >= 4 is 41.9 Å². The molecule has 0 bridgehead atoms. The zero-order chi connectivity index (χ0) is 22.9. The van der Waals surface area contributed by atoms with Gasteiger partial charge in [-0.3, -0.25) is 19.7 Å². The van der Waals surface area contributed by atoms with Crippen molar-refractivity contribution in [3.63, 3.8) is 0 Å². The molecular weight excluding hydrogens is 438 g/mol. The average molecular weight is 470 g/mol. The summed E-state index contributed by atoms with van der Waals surface area (Å²) in [5.41, 5.74) is 5.08. The molecule has 33 heavy (non-hydrogen) atoms. The minimum atomic E-state index is -0.584. The van der Waals surface area contributed by atoms with E-state index in [0.29, 0.717) is 11.5 Å². The van der Waals surface area contributed by atoms with Crippen LogP contribution in [0.25, 0.3) is 12.2 Å². The monoisotopic (exact) mass is 469 g/mol. The van der Waals surface area contributed by atoms with Crippen LogP contribution in [0.4, 0.5) is 5.69 Å². The second-order valence-corrected chi connectivity index (χ2v) is 8.40. The van der Waals surface area contributed by atoms with E-state index in [1.54, 1.807) is 23.7 Å². The molecule has 2 aromatic rings. The van der Waals surface area contributed by atoms with Gasteiger partial charge < -0.3 is 4.90 Å². The first-order valence-electron chi connectivity index (χ1n) is 11.0. The van der Waals surface area contributed by atoms with Crippen molar-refractivity contribution < 1.29 is 14.8 Å². The molecule has 0 aromatic heterocycles. The zero-order valence-electron chi connectivity index (χ0n) is 19.1. The molecule has 0 aliphatic carbocycles. The largest absolute Gasteiger partial charge is 0.369 e. The van der Waals surface area contributed by atoms with Crippen LogP contribution in [0.15, 0.2) is 60.7 Å². The van der Waals surface area contributed by atoms with Crippen LogP contribution in [0, 0.1) is 5.92 Å². The van der Waals surface area contributed by atoms with Crippen molar-refractivity contribution in [3.05, 3.63) is 77.4 Å². The number of ketones is 1. The standard InChI is InChI=1S/C26H31N3O3.ClH/c1-20(2)19-28-15-17-29(18-16-28)24-11-9-23(10-12-24)25(30)13-7-21-3-5-22(6-4-21)8-14-26(31)27-32;/h3-14,20,32H,15-19H2,1-2H3,(H,27,31);1H. The van der Waals surface area contributed by atoms with Crippen LogP contribution in [0.2, 0.25) is 0 Å². The first-order valence-corrected chi connectivity index (χ1v) is 11.0. The maximum atomic E-state index is 12.5. The van der Waals surface area contributed by atoms with E-state index in [0.717, 1.165) is 49.5 Å². The van der Waals surface area contributed by atoms with Gasteiger partial charge in [0.15, 0.2) is 5.78 Å². The number of nitrogens with zero attached hydrogens (tertiary/aromatic N) is 2. The number of allylic oxidation sites excluding steroid dienone is 1. The van der Waals surface area contributed by atoms with E-state index < -0.39 is 5.91 Å². The smallest absolute Gasteiger partial charge is 0.267 e. The summed E-state index contributed by atoms with van der Waals surface area (Å²) in [6.07, 6.45) is 6.18. The molecule has 2 N–H and O–H groups in total. The lowest BCUT2D eigenvalue weighted by atomic mass is 10.1. The lowest BCUT2D eigenvalue weighted by Gasteiger charge is -2.36. The number of carbonyl (C=O) groups excluding carboxylic acids is 2. The first kappa shape index (κ1) is 26.3. The van der Waals surface area contributed by atoms with Gasteiger partial charge in [0.1, 0.15) is 0 Å². The molecule has 2 aromatic carbocycles. The average Bonchev–Trinajstić information content (AvgIpc) is 2.82. The fourth-order valence-electron chi connectivity index (χ4n) is 3.74. The highest BCUT2D eigenvalue weighted by Gasteiger charge is 2.17. The predicted molar refractivity (Wildman–Crippen MR) is 136 cm³/mol. The number of hydrogen-bond donors (Lipinski definition) is 2. The molecule has 176 valence electrons. The van der Waals surface area contributed by atoms with Gasteiger partial charge in [0.2, 0.25) is 0 Å². The molecule has 1 heterocycles. The van der Waals surface area contributed by atoms with Crippen LogP contribution >= 0.6 is 12.4 Å². The van der Waals surface area contributed by atoms with Crippen LogP contribution in [0.1, 0.15) is 35.3 Å². The summed E-state index contributed by atoms with van der Waals surface area (Å²) < 4.78 is 0. The van der Waals surface area contributed by atoms with E-state index in [1.807, 2.05) is 48.5 Å². The number of piperazine rings is 1. The molecule has 7 heteroatoms. The highest BCUT2D eigenvalue weighted by atomic mass is 35.5. The Morgan fingerprint density at radius 2 is 1.45 bits per heavy atom. The minimum absolute atomic E-state index is 0. The maximum Gasteiger partial charge on any atom is 0.267 e. The molecule has 1 saturated heterocycles. The second kappa shape index (κ2) is 12.9. The van der Waals surface area contributed by atoms with Crippen molar-refractivity contribution in [2.45, 2.75) is 13.8 Å². The van der Waals surface area contributed by atoms with Crippen molar-refractivity contribution in [1.29, 1.82) is 0 Å². The summed E-state index contributed by atoms with van der Waals surface area (Å²) in [5.74, 6) is 0.0654. The molecule has 0 spiro atoms. The number of anilines is 1. The summed E-state index contributed by atoms with van der Waals surface area (Å²) in [4.78, 5) is 28.5. The van der Waals surface area contributed by atoms with E-state index in [1.165, 1.54) is 6.08 Å². The van der Waals surface area contributed by atoms with Crippen LogP contribution in [0.3, 0.4) is 0 Å². The van der Waals surface area contributed by atoms with Gasteiger partial charge in [0, 0.05) is 50.1 Å². The van der Waals surface area contributed by atoms with Crippen molar-refractivity contribution in [2.75, 3.05) is 37.6 Å². The second-order valence-electron chi connectivity index (χ2n) is 8.40. The number of hydroxylamine groups is 1. The Bertz CT molecular complexity index is 961. The number of hydrogen-bond acceptors (Lipinski definition) is 5. The Labute approximate surface area is 202 Å². The predicted octanol–water partition coefficient (Wildman–Crippen LogP) is 4.30. The van der Waals surface area contributed by atoms with E-state index in [-0.39, 0.29) is 18.2 Å². The lowest BCUT2D eigenvalue weighted by molar-refractivity contribution is -0.124. The van der Waals surface area contributed by atoms with Gasteiger partial charge in [-0.2, -0.15) is 0 Å². The van der Waals surface area contributed by atoms with Gasteiger partial charge in [-0.1, -0.05) is 44.2 Å². The Kier molecular flexibility index (Phi) is 10.3. The third-order valence-corrected chi connectivity index (χ3v) is 5.41. The van der Waals surface area contributed by atoms with E-state index in [2.05, 4.69) is 23.6 Å². The minimum Gasteiger partial charge on any atom is -0.369 e. The molecule has 1 fully saturated rings. The Morgan fingerprint density at radius 1 is 0.909 bits per heavy atom. The van der Waals surface area contributed by atoms with Crippen LogP contribution in [-0.2, 0) is 4.79 Å². The normalized spacial score (nSPS) is 14.6.